The van der Waals surface area contributed by atoms with Crippen LogP contribution in [0.1, 0.15) is 44.9 Å². The maximum Gasteiger partial charge on any atom is 0.236 e. The summed E-state index contributed by atoms with van der Waals surface area (Å²) < 4.78 is 25.2. The first kappa shape index (κ1) is 18.7. The average Bonchev–Trinajstić information content (AvgIpc) is 2.48. The number of hydrogen-bond donors (Lipinski definition) is 1. The van der Waals surface area contributed by atoms with Crippen LogP contribution in [-0.2, 0) is 14.8 Å². The van der Waals surface area contributed by atoms with Crippen LogP contribution in [0.3, 0.4) is 0 Å². The molecular weight excluding hydrogens is 314 g/mol. The van der Waals surface area contributed by atoms with Crippen LogP contribution in [0, 0.1) is 5.92 Å². The highest BCUT2D eigenvalue weighted by Gasteiger charge is 2.24. The second-order valence-corrected chi connectivity index (χ2v) is 9.00. The van der Waals surface area contributed by atoms with Crippen molar-refractivity contribution in [3.8, 4) is 0 Å². The Morgan fingerprint density at radius 1 is 1.13 bits per heavy atom. The Kier molecular flexibility index (Phi) is 6.85. The molecular formula is C16H31N3O3S. The van der Waals surface area contributed by atoms with E-state index < -0.39 is 10.0 Å². The van der Waals surface area contributed by atoms with Crippen molar-refractivity contribution < 1.29 is 13.2 Å². The summed E-state index contributed by atoms with van der Waals surface area (Å²) in [5.74, 6) is 0.854. The number of piperidine rings is 1. The van der Waals surface area contributed by atoms with Gasteiger partial charge in [-0.25, -0.2) is 13.1 Å². The van der Waals surface area contributed by atoms with Crippen LogP contribution in [-0.4, -0.2) is 69.6 Å². The predicted octanol–water partition coefficient (Wildman–Crippen LogP) is 1.04. The van der Waals surface area contributed by atoms with Gasteiger partial charge in [0, 0.05) is 32.7 Å². The van der Waals surface area contributed by atoms with Crippen molar-refractivity contribution >= 4 is 15.9 Å². The Morgan fingerprint density at radius 2 is 1.74 bits per heavy atom. The predicted molar refractivity (Wildman–Crippen MR) is 91.7 cm³/mol. The van der Waals surface area contributed by atoms with E-state index in [1.165, 1.54) is 38.4 Å². The van der Waals surface area contributed by atoms with E-state index in [0.29, 0.717) is 12.5 Å². The maximum atomic E-state index is 12.4. The molecule has 134 valence electrons. The lowest BCUT2D eigenvalue weighted by Gasteiger charge is -2.33. The highest BCUT2D eigenvalue weighted by Crippen LogP contribution is 2.24. The lowest BCUT2D eigenvalue weighted by molar-refractivity contribution is -0.132. The molecule has 1 N–H and O–H groups in total. The van der Waals surface area contributed by atoms with E-state index in [0.717, 1.165) is 32.5 Å². The summed E-state index contributed by atoms with van der Waals surface area (Å²) in [6.45, 7) is 2.88. The zero-order chi connectivity index (χ0) is 16.9. The third kappa shape index (κ3) is 6.77. The minimum atomic E-state index is -3.14. The quantitative estimate of drug-likeness (QED) is 0.781. The molecule has 0 aromatic carbocycles. The molecule has 1 amide bonds. The van der Waals surface area contributed by atoms with Crippen LogP contribution in [0.15, 0.2) is 0 Å². The smallest absolute Gasteiger partial charge is 0.236 e. The SMILES string of the molecule is CN(CC1CCCCC1)C(=O)CN1CCC(NS(C)(=O)=O)CC1. The molecule has 2 rings (SSSR count). The van der Waals surface area contributed by atoms with Gasteiger partial charge < -0.3 is 4.90 Å². The maximum absolute atomic E-state index is 12.4. The van der Waals surface area contributed by atoms with E-state index in [-0.39, 0.29) is 11.9 Å². The molecule has 0 aromatic heterocycles. The van der Waals surface area contributed by atoms with E-state index >= 15 is 0 Å². The van der Waals surface area contributed by atoms with Crippen molar-refractivity contribution in [1.29, 1.82) is 0 Å². The molecule has 6 nitrogen and oxygen atoms in total. The van der Waals surface area contributed by atoms with Gasteiger partial charge in [-0.15, -0.1) is 0 Å². The molecule has 7 heteroatoms. The van der Waals surface area contributed by atoms with Gasteiger partial charge in [0.2, 0.25) is 15.9 Å². The summed E-state index contributed by atoms with van der Waals surface area (Å²) in [4.78, 5) is 16.4. The van der Waals surface area contributed by atoms with Crippen LogP contribution in [0.4, 0.5) is 0 Å². The normalized spacial score (nSPS) is 22.2. The van der Waals surface area contributed by atoms with E-state index in [4.69, 9.17) is 0 Å². The summed E-state index contributed by atoms with van der Waals surface area (Å²) >= 11 is 0. The Hall–Kier alpha value is -0.660. The third-order valence-corrected chi connectivity index (χ3v) is 5.77. The Balaban J connectivity index is 1.69. The van der Waals surface area contributed by atoms with Crippen LogP contribution < -0.4 is 4.72 Å². The highest BCUT2D eigenvalue weighted by molar-refractivity contribution is 7.88. The molecule has 1 aliphatic carbocycles. The Morgan fingerprint density at radius 3 is 2.30 bits per heavy atom. The van der Waals surface area contributed by atoms with E-state index in [1.807, 2.05) is 11.9 Å². The van der Waals surface area contributed by atoms with E-state index in [1.54, 1.807) is 0 Å². The molecule has 0 aromatic rings. The molecule has 0 atom stereocenters. The first-order valence-electron chi connectivity index (χ1n) is 8.77. The molecule has 0 radical (unpaired) electrons. The molecule has 2 fully saturated rings. The van der Waals surface area contributed by atoms with Gasteiger partial charge in [0.1, 0.15) is 0 Å². The minimum Gasteiger partial charge on any atom is -0.344 e. The van der Waals surface area contributed by atoms with E-state index in [2.05, 4.69) is 9.62 Å². The van der Waals surface area contributed by atoms with Gasteiger partial charge in [-0.05, 0) is 31.6 Å². The molecule has 0 unspecified atom stereocenters. The van der Waals surface area contributed by atoms with Crippen molar-refractivity contribution in [3.63, 3.8) is 0 Å². The number of nitrogens with one attached hydrogen (secondary N) is 1. The fourth-order valence-corrected chi connectivity index (χ4v) is 4.52. The number of sulfonamides is 1. The number of rotatable bonds is 6. The molecule has 0 bridgehead atoms. The molecule has 2 aliphatic rings. The van der Waals surface area contributed by atoms with Crippen molar-refractivity contribution in [2.45, 2.75) is 51.0 Å². The van der Waals surface area contributed by atoms with Crippen molar-refractivity contribution in [3.05, 3.63) is 0 Å². The van der Waals surface area contributed by atoms with Crippen LogP contribution in [0.25, 0.3) is 0 Å². The summed E-state index contributed by atoms with van der Waals surface area (Å²) in [6.07, 6.45) is 9.18. The second-order valence-electron chi connectivity index (χ2n) is 7.22. The van der Waals surface area contributed by atoms with Gasteiger partial charge in [-0.3, -0.25) is 9.69 Å². The number of hydrogen-bond acceptors (Lipinski definition) is 4. The van der Waals surface area contributed by atoms with Gasteiger partial charge in [0.15, 0.2) is 0 Å². The first-order chi connectivity index (χ1) is 10.8. The molecule has 1 heterocycles. The number of likely N-dealkylation sites (tertiary alicyclic amines) is 1. The van der Waals surface area contributed by atoms with E-state index in [9.17, 15) is 13.2 Å². The standard InChI is InChI=1S/C16H31N3O3S/c1-18(12-14-6-4-3-5-7-14)16(20)13-19-10-8-15(9-11-19)17-23(2,21)22/h14-15,17H,3-13H2,1-2H3. The van der Waals surface area contributed by atoms with Gasteiger partial charge >= 0.3 is 0 Å². The lowest BCUT2D eigenvalue weighted by atomic mass is 9.89. The van der Waals surface area contributed by atoms with Crippen molar-refractivity contribution in [1.82, 2.24) is 14.5 Å². The Bertz CT molecular complexity index is 481. The summed E-state index contributed by atoms with van der Waals surface area (Å²) in [5.41, 5.74) is 0. The number of likely N-dealkylation sites (N-methyl/N-ethyl adjacent to an activating group) is 1. The molecule has 1 saturated carbocycles. The highest BCUT2D eigenvalue weighted by atomic mass is 32.2. The molecule has 1 aliphatic heterocycles. The summed E-state index contributed by atoms with van der Waals surface area (Å²) in [6, 6.07) is 0.0105. The second kappa shape index (κ2) is 8.44. The minimum absolute atomic E-state index is 0.0105. The fraction of sp³-hybridized carbons (Fsp3) is 0.938. The van der Waals surface area contributed by atoms with Crippen molar-refractivity contribution in [2.24, 2.45) is 5.92 Å². The van der Waals surface area contributed by atoms with Crippen LogP contribution >= 0.6 is 0 Å². The zero-order valence-corrected chi connectivity index (χ0v) is 15.3. The summed E-state index contributed by atoms with van der Waals surface area (Å²) in [7, 11) is -1.23. The zero-order valence-electron chi connectivity index (χ0n) is 14.5. The molecule has 23 heavy (non-hydrogen) atoms. The number of nitrogens with zero attached hydrogens (tertiary/aromatic N) is 2. The summed E-state index contributed by atoms with van der Waals surface area (Å²) in [5, 5.41) is 0. The van der Waals surface area contributed by atoms with Gasteiger partial charge in [0.05, 0.1) is 12.8 Å². The van der Waals surface area contributed by atoms with Crippen LogP contribution in [0.2, 0.25) is 0 Å². The monoisotopic (exact) mass is 345 g/mol. The topological polar surface area (TPSA) is 69.7 Å². The largest absolute Gasteiger partial charge is 0.344 e. The van der Waals surface area contributed by atoms with Crippen LogP contribution in [0.5, 0.6) is 0 Å². The van der Waals surface area contributed by atoms with Gasteiger partial charge in [0.25, 0.3) is 0 Å². The molecule has 0 spiro atoms. The molecule has 1 saturated heterocycles. The van der Waals surface area contributed by atoms with Gasteiger partial charge in [-0.1, -0.05) is 19.3 Å². The average molecular weight is 346 g/mol. The Labute approximate surface area is 140 Å². The lowest BCUT2D eigenvalue weighted by Crippen LogP contribution is -2.47. The number of amides is 1. The first-order valence-corrected chi connectivity index (χ1v) is 10.7. The number of carbonyl (C=O) groups is 1. The fourth-order valence-electron chi connectivity index (χ4n) is 3.68. The van der Waals surface area contributed by atoms with Gasteiger partial charge in [-0.2, -0.15) is 0 Å². The van der Waals surface area contributed by atoms with Crippen molar-refractivity contribution in [2.75, 3.05) is 39.5 Å². The number of carbonyl (C=O) groups excluding carboxylic acids is 1. The third-order valence-electron chi connectivity index (χ3n) is 5.01.